The molecule has 0 saturated carbocycles. The molecular formula is C7H10Cl3NS. The largest absolute Gasteiger partial charge is 1.00 e. The van der Waals surface area contributed by atoms with Gasteiger partial charge >= 0.3 is 0 Å². The SMILES string of the molecule is CC([NH3+])Cc1sc(Cl)cc1Cl.[Cl-]. The van der Waals surface area contributed by atoms with Crippen LogP contribution >= 0.6 is 34.5 Å². The van der Waals surface area contributed by atoms with Crippen molar-refractivity contribution in [3.05, 3.63) is 20.3 Å². The molecule has 0 aliphatic rings. The van der Waals surface area contributed by atoms with Crippen LogP contribution in [0.4, 0.5) is 0 Å². The van der Waals surface area contributed by atoms with Crippen LogP contribution in [0, 0.1) is 0 Å². The number of thiophene rings is 1. The van der Waals surface area contributed by atoms with Gasteiger partial charge in [-0.2, -0.15) is 0 Å². The highest BCUT2D eigenvalue weighted by atomic mass is 35.5. The van der Waals surface area contributed by atoms with E-state index in [1.54, 1.807) is 6.07 Å². The smallest absolute Gasteiger partial charge is 0.0946 e. The molecule has 5 heteroatoms. The fourth-order valence-corrected chi connectivity index (χ4v) is 2.58. The van der Waals surface area contributed by atoms with Crippen LogP contribution in [0.2, 0.25) is 9.36 Å². The van der Waals surface area contributed by atoms with E-state index < -0.39 is 0 Å². The Balaban J connectivity index is 0.00000121. The first-order valence-electron chi connectivity index (χ1n) is 3.36. The lowest BCUT2D eigenvalue weighted by Gasteiger charge is -1.98. The zero-order valence-electron chi connectivity index (χ0n) is 6.61. The van der Waals surface area contributed by atoms with Crippen molar-refractivity contribution < 1.29 is 18.1 Å². The van der Waals surface area contributed by atoms with Crippen LogP contribution in [-0.2, 0) is 6.42 Å². The maximum atomic E-state index is 5.89. The summed E-state index contributed by atoms with van der Waals surface area (Å²) in [5.41, 5.74) is 3.89. The summed E-state index contributed by atoms with van der Waals surface area (Å²) < 4.78 is 0.755. The van der Waals surface area contributed by atoms with Crippen LogP contribution in [0.1, 0.15) is 11.8 Å². The zero-order chi connectivity index (χ0) is 8.43. The van der Waals surface area contributed by atoms with E-state index in [4.69, 9.17) is 23.2 Å². The Morgan fingerprint density at radius 3 is 2.50 bits per heavy atom. The number of halogens is 3. The van der Waals surface area contributed by atoms with Crippen molar-refractivity contribution in [1.29, 1.82) is 0 Å². The Hall–Kier alpha value is 0.530. The van der Waals surface area contributed by atoms with Crippen LogP contribution in [0.15, 0.2) is 6.07 Å². The van der Waals surface area contributed by atoms with Gasteiger partial charge in [-0.25, -0.2) is 0 Å². The monoisotopic (exact) mass is 245 g/mol. The van der Waals surface area contributed by atoms with Crippen LogP contribution in [0.25, 0.3) is 0 Å². The minimum atomic E-state index is 0. The summed E-state index contributed by atoms with van der Waals surface area (Å²) in [4.78, 5) is 1.14. The topological polar surface area (TPSA) is 27.6 Å². The quantitative estimate of drug-likeness (QED) is 0.710. The molecule has 0 fully saturated rings. The minimum Gasteiger partial charge on any atom is -1.00 e. The average molecular weight is 247 g/mol. The molecule has 1 aromatic heterocycles. The van der Waals surface area contributed by atoms with Gasteiger partial charge in [0.2, 0.25) is 0 Å². The van der Waals surface area contributed by atoms with Crippen LogP contribution in [-0.4, -0.2) is 6.04 Å². The lowest BCUT2D eigenvalue weighted by molar-refractivity contribution is -0.413. The number of hydrogen-bond acceptors (Lipinski definition) is 1. The zero-order valence-corrected chi connectivity index (χ0v) is 9.70. The summed E-state index contributed by atoms with van der Waals surface area (Å²) in [6.45, 7) is 2.06. The highest BCUT2D eigenvalue weighted by Crippen LogP contribution is 2.30. The fourth-order valence-electron chi connectivity index (χ4n) is 0.832. The molecule has 0 aromatic carbocycles. The van der Waals surface area contributed by atoms with Gasteiger partial charge in [0.25, 0.3) is 0 Å². The Labute approximate surface area is 92.3 Å². The first-order chi connectivity index (χ1) is 5.09. The van der Waals surface area contributed by atoms with Crippen molar-refractivity contribution in [2.24, 2.45) is 0 Å². The lowest BCUT2D eigenvalue weighted by atomic mass is 10.2. The van der Waals surface area contributed by atoms with Gasteiger partial charge in [-0.1, -0.05) is 23.2 Å². The van der Waals surface area contributed by atoms with Gasteiger partial charge in [-0.15, -0.1) is 11.3 Å². The minimum absolute atomic E-state index is 0. The van der Waals surface area contributed by atoms with Crippen LogP contribution in [0.3, 0.4) is 0 Å². The highest BCUT2D eigenvalue weighted by Gasteiger charge is 2.08. The molecule has 0 spiro atoms. The molecule has 1 rings (SSSR count). The van der Waals surface area contributed by atoms with Gasteiger partial charge < -0.3 is 18.1 Å². The van der Waals surface area contributed by atoms with E-state index in [-0.39, 0.29) is 12.4 Å². The third-order valence-electron chi connectivity index (χ3n) is 1.26. The third-order valence-corrected chi connectivity index (χ3v) is 3.00. The van der Waals surface area contributed by atoms with E-state index in [0.29, 0.717) is 6.04 Å². The van der Waals surface area contributed by atoms with E-state index in [0.717, 1.165) is 20.7 Å². The summed E-state index contributed by atoms with van der Waals surface area (Å²) in [5, 5.41) is 0.774. The van der Waals surface area contributed by atoms with Gasteiger partial charge in [-0.05, 0) is 13.0 Å². The van der Waals surface area contributed by atoms with E-state index in [1.807, 2.05) is 0 Å². The number of rotatable bonds is 2. The maximum absolute atomic E-state index is 5.89. The van der Waals surface area contributed by atoms with E-state index in [2.05, 4.69) is 12.7 Å². The summed E-state index contributed by atoms with van der Waals surface area (Å²) in [6.07, 6.45) is 0.913. The molecule has 0 amide bonds. The average Bonchev–Trinajstić information content (AvgIpc) is 2.09. The molecule has 0 aliphatic carbocycles. The first kappa shape index (κ1) is 12.5. The summed E-state index contributed by atoms with van der Waals surface area (Å²) in [5.74, 6) is 0. The molecule has 1 unspecified atom stereocenters. The van der Waals surface area contributed by atoms with Crippen molar-refractivity contribution in [2.45, 2.75) is 19.4 Å². The Morgan fingerprint density at radius 2 is 2.17 bits per heavy atom. The molecule has 3 N–H and O–H groups in total. The van der Waals surface area contributed by atoms with Crippen molar-refractivity contribution in [1.82, 2.24) is 0 Å². The fraction of sp³-hybridized carbons (Fsp3) is 0.429. The number of quaternary nitrogens is 1. The van der Waals surface area contributed by atoms with Crippen molar-refractivity contribution in [3.8, 4) is 0 Å². The van der Waals surface area contributed by atoms with Crippen molar-refractivity contribution >= 4 is 34.5 Å². The standard InChI is InChI=1S/C7H9Cl2NS.ClH/c1-4(10)2-6-5(8)3-7(9)11-6;/h3-4H,2,10H2,1H3;1H. The van der Waals surface area contributed by atoms with Gasteiger partial charge in [0.1, 0.15) is 0 Å². The molecule has 1 nitrogen and oxygen atoms in total. The Morgan fingerprint density at radius 1 is 1.58 bits per heavy atom. The van der Waals surface area contributed by atoms with Gasteiger partial charge in [-0.3, -0.25) is 0 Å². The van der Waals surface area contributed by atoms with E-state index >= 15 is 0 Å². The molecule has 0 radical (unpaired) electrons. The summed E-state index contributed by atoms with van der Waals surface area (Å²) in [6, 6.07) is 2.17. The van der Waals surface area contributed by atoms with Crippen LogP contribution < -0.4 is 18.1 Å². The second-order valence-electron chi connectivity index (χ2n) is 2.63. The molecule has 1 heterocycles. The Kier molecular flexibility index (Phi) is 5.53. The molecule has 1 atom stereocenters. The second-order valence-corrected chi connectivity index (χ2v) is 4.81. The summed E-state index contributed by atoms with van der Waals surface area (Å²) >= 11 is 13.2. The second kappa shape index (κ2) is 5.30. The molecule has 12 heavy (non-hydrogen) atoms. The molecular weight excluding hydrogens is 237 g/mol. The van der Waals surface area contributed by atoms with Gasteiger partial charge in [0, 0.05) is 11.3 Å². The highest BCUT2D eigenvalue weighted by molar-refractivity contribution is 7.16. The van der Waals surface area contributed by atoms with Crippen molar-refractivity contribution in [3.63, 3.8) is 0 Å². The summed E-state index contributed by atoms with van der Waals surface area (Å²) in [7, 11) is 0. The number of hydrogen-bond donors (Lipinski definition) is 1. The third kappa shape index (κ3) is 3.50. The molecule has 0 bridgehead atoms. The lowest BCUT2D eigenvalue weighted by Crippen LogP contribution is -3.00. The van der Waals surface area contributed by atoms with Crippen LogP contribution in [0.5, 0.6) is 0 Å². The van der Waals surface area contributed by atoms with Crippen molar-refractivity contribution in [2.75, 3.05) is 0 Å². The van der Waals surface area contributed by atoms with Gasteiger partial charge in [0.05, 0.1) is 15.4 Å². The van der Waals surface area contributed by atoms with Gasteiger partial charge in [0.15, 0.2) is 0 Å². The molecule has 0 aliphatic heterocycles. The van der Waals surface area contributed by atoms with E-state index in [1.165, 1.54) is 11.3 Å². The van der Waals surface area contributed by atoms with E-state index in [9.17, 15) is 0 Å². The molecule has 70 valence electrons. The predicted octanol–water partition coefficient (Wildman–Crippen LogP) is -0.768. The normalized spacial score (nSPS) is 12.3. The molecule has 1 aromatic rings. The maximum Gasteiger partial charge on any atom is 0.0946 e. The first-order valence-corrected chi connectivity index (χ1v) is 4.93. The Bertz CT molecular complexity index is 247. The molecule has 0 saturated heterocycles. The predicted molar refractivity (Wildman–Crippen MR) is 50.4 cm³/mol.